The Hall–Kier alpha value is -1.88. The molecular formula is C16H13F2NOS. The van der Waals surface area contributed by atoms with Gasteiger partial charge in [0.25, 0.3) is 0 Å². The fourth-order valence-electron chi connectivity index (χ4n) is 2.29. The van der Waals surface area contributed by atoms with Crippen molar-refractivity contribution in [3.8, 4) is 0 Å². The zero-order valence-corrected chi connectivity index (χ0v) is 12.1. The standard InChI is InChI=1S/C16H13F2NOS/c1-9-2-3-10-7-15(21-14(10)6-9)16(20)19-13-5-4-11(17)8-12(13)18/h2-6,8,15H,7H2,1H3,(H,19,20)/t15-/m0/s1. The van der Waals surface area contributed by atoms with Crippen LogP contribution in [-0.2, 0) is 11.2 Å². The number of benzene rings is 2. The second kappa shape index (κ2) is 5.48. The van der Waals surface area contributed by atoms with E-state index in [4.69, 9.17) is 0 Å². The minimum absolute atomic E-state index is 0.00846. The average Bonchev–Trinajstić information content (AvgIpc) is 2.85. The van der Waals surface area contributed by atoms with Gasteiger partial charge in [-0.25, -0.2) is 8.78 Å². The van der Waals surface area contributed by atoms with Crippen LogP contribution in [0.4, 0.5) is 14.5 Å². The number of nitrogens with one attached hydrogen (secondary N) is 1. The Morgan fingerprint density at radius 1 is 1.24 bits per heavy atom. The number of hydrogen-bond acceptors (Lipinski definition) is 2. The van der Waals surface area contributed by atoms with Crippen molar-refractivity contribution in [2.45, 2.75) is 23.5 Å². The van der Waals surface area contributed by atoms with Crippen molar-refractivity contribution in [3.63, 3.8) is 0 Å². The van der Waals surface area contributed by atoms with Crippen molar-refractivity contribution >= 4 is 23.4 Å². The van der Waals surface area contributed by atoms with E-state index >= 15 is 0 Å². The molecule has 1 atom stereocenters. The molecule has 1 amide bonds. The summed E-state index contributed by atoms with van der Waals surface area (Å²) in [5.74, 6) is -1.69. The summed E-state index contributed by atoms with van der Waals surface area (Å²) in [5.41, 5.74) is 2.28. The summed E-state index contributed by atoms with van der Waals surface area (Å²) in [6.45, 7) is 2.00. The molecule has 1 N–H and O–H groups in total. The first kappa shape index (κ1) is 14.1. The maximum Gasteiger partial charge on any atom is 0.238 e. The van der Waals surface area contributed by atoms with E-state index in [1.807, 2.05) is 25.1 Å². The number of carbonyl (C=O) groups is 1. The highest BCUT2D eigenvalue weighted by Gasteiger charge is 2.28. The Kier molecular flexibility index (Phi) is 3.68. The van der Waals surface area contributed by atoms with Gasteiger partial charge in [0.1, 0.15) is 11.6 Å². The number of carbonyl (C=O) groups excluding carboxylic acids is 1. The second-order valence-corrected chi connectivity index (χ2v) is 6.28. The van der Waals surface area contributed by atoms with E-state index < -0.39 is 11.6 Å². The second-order valence-electron chi connectivity index (χ2n) is 5.04. The van der Waals surface area contributed by atoms with Crippen LogP contribution in [0.25, 0.3) is 0 Å². The molecule has 0 bridgehead atoms. The van der Waals surface area contributed by atoms with Gasteiger partial charge < -0.3 is 5.32 Å². The molecular weight excluding hydrogens is 292 g/mol. The van der Waals surface area contributed by atoms with Gasteiger partial charge in [0.15, 0.2) is 0 Å². The van der Waals surface area contributed by atoms with E-state index in [1.54, 1.807) is 0 Å². The van der Waals surface area contributed by atoms with E-state index in [2.05, 4.69) is 5.32 Å². The van der Waals surface area contributed by atoms with Crippen LogP contribution in [0.3, 0.4) is 0 Å². The van der Waals surface area contributed by atoms with E-state index in [0.29, 0.717) is 6.42 Å². The number of halogens is 2. The van der Waals surface area contributed by atoms with E-state index in [1.165, 1.54) is 17.8 Å². The minimum atomic E-state index is -0.764. The van der Waals surface area contributed by atoms with Crippen molar-refractivity contribution in [2.75, 3.05) is 5.32 Å². The molecule has 0 fully saturated rings. The first-order valence-corrected chi connectivity index (χ1v) is 7.43. The number of thioether (sulfide) groups is 1. The fourth-order valence-corrected chi connectivity index (χ4v) is 3.58. The summed E-state index contributed by atoms with van der Waals surface area (Å²) in [6.07, 6.45) is 0.620. The van der Waals surface area contributed by atoms with Crippen molar-refractivity contribution in [3.05, 3.63) is 59.2 Å². The largest absolute Gasteiger partial charge is 0.323 e. The molecule has 0 aliphatic carbocycles. The number of fused-ring (bicyclic) bond motifs is 1. The third-order valence-corrected chi connectivity index (χ3v) is 4.68. The Bertz CT molecular complexity index is 717. The molecule has 2 aromatic rings. The predicted octanol–water partition coefficient (Wildman–Crippen LogP) is 3.93. The monoisotopic (exact) mass is 305 g/mol. The molecule has 5 heteroatoms. The van der Waals surface area contributed by atoms with Crippen molar-refractivity contribution < 1.29 is 13.6 Å². The van der Waals surface area contributed by atoms with Gasteiger partial charge in [-0.1, -0.05) is 17.7 Å². The molecule has 0 unspecified atom stereocenters. The lowest BCUT2D eigenvalue weighted by molar-refractivity contribution is -0.115. The molecule has 0 aromatic heterocycles. The molecule has 21 heavy (non-hydrogen) atoms. The number of aryl methyl sites for hydroxylation is 1. The van der Waals surface area contributed by atoms with Gasteiger partial charge in [0.2, 0.25) is 5.91 Å². The molecule has 2 aromatic carbocycles. The van der Waals surface area contributed by atoms with Crippen LogP contribution in [0, 0.1) is 18.6 Å². The van der Waals surface area contributed by atoms with E-state index in [9.17, 15) is 13.6 Å². The van der Waals surface area contributed by atoms with Crippen LogP contribution in [0.5, 0.6) is 0 Å². The maximum absolute atomic E-state index is 13.6. The minimum Gasteiger partial charge on any atom is -0.323 e. The number of hydrogen-bond donors (Lipinski definition) is 1. The first-order valence-electron chi connectivity index (χ1n) is 6.55. The smallest absolute Gasteiger partial charge is 0.238 e. The summed E-state index contributed by atoms with van der Waals surface area (Å²) in [4.78, 5) is 13.3. The van der Waals surface area contributed by atoms with Gasteiger partial charge in [-0.15, -0.1) is 11.8 Å². The van der Waals surface area contributed by atoms with Gasteiger partial charge in [0, 0.05) is 11.0 Å². The van der Waals surface area contributed by atoms with Crippen LogP contribution in [0.2, 0.25) is 0 Å². The van der Waals surface area contributed by atoms with Gasteiger partial charge in [-0.2, -0.15) is 0 Å². The Balaban J connectivity index is 1.73. The molecule has 0 spiro atoms. The average molecular weight is 305 g/mol. The lowest BCUT2D eigenvalue weighted by atomic mass is 10.1. The summed E-state index contributed by atoms with van der Waals surface area (Å²) < 4.78 is 26.4. The van der Waals surface area contributed by atoms with E-state index in [0.717, 1.165) is 28.2 Å². The van der Waals surface area contributed by atoms with Gasteiger partial charge in [-0.05, 0) is 37.1 Å². The highest BCUT2D eigenvalue weighted by Crippen LogP contribution is 2.38. The molecule has 108 valence electrons. The van der Waals surface area contributed by atoms with Gasteiger partial charge in [0.05, 0.1) is 10.9 Å². The fraction of sp³-hybridized carbons (Fsp3) is 0.188. The van der Waals surface area contributed by atoms with Crippen molar-refractivity contribution in [1.82, 2.24) is 0 Å². The number of anilines is 1. The number of amides is 1. The number of rotatable bonds is 2. The zero-order valence-electron chi connectivity index (χ0n) is 11.3. The molecule has 0 saturated carbocycles. The lowest BCUT2D eigenvalue weighted by Crippen LogP contribution is -2.25. The lowest BCUT2D eigenvalue weighted by Gasteiger charge is -2.10. The normalized spacial score (nSPS) is 16.6. The van der Waals surface area contributed by atoms with Gasteiger partial charge in [-0.3, -0.25) is 4.79 Å². The maximum atomic E-state index is 13.6. The molecule has 0 saturated heterocycles. The molecule has 3 rings (SSSR count). The molecule has 1 aliphatic heterocycles. The third-order valence-electron chi connectivity index (χ3n) is 3.38. The summed E-state index contributed by atoms with van der Waals surface area (Å²) in [7, 11) is 0. The van der Waals surface area contributed by atoms with Crippen LogP contribution in [-0.4, -0.2) is 11.2 Å². The van der Waals surface area contributed by atoms with E-state index in [-0.39, 0.29) is 16.8 Å². The molecule has 0 radical (unpaired) electrons. The predicted molar refractivity (Wildman–Crippen MR) is 79.5 cm³/mol. The SMILES string of the molecule is Cc1ccc2c(c1)S[C@H](C(=O)Nc1ccc(F)cc1F)C2. The molecule has 2 nitrogen and oxygen atoms in total. The van der Waals surface area contributed by atoms with Crippen LogP contribution < -0.4 is 5.32 Å². The van der Waals surface area contributed by atoms with Crippen LogP contribution >= 0.6 is 11.8 Å². The van der Waals surface area contributed by atoms with Gasteiger partial charge >= 0.3 is 0 Å². The summed E-state index contributed by atoms with van der Waals surface area (Å²) in [5, 5.41) is 2.24. The molecule has 1 heterocycles. The van der Waals surface area contributed by atoms with Crippen LogP contribution in [0.15, 0.2) is 41.3 Å². The molecule has 1 aliphatic rings. The summed E-state index contributed by atoms with van der Waals surface area (Å²) in [6, 6.07) is 9.20. The highest BCUT2D eigenvalue weighted by molar-refractivity contribution is 8.01. The van der Waals surface area contributed by atoms with Crippen molar-refractivity contribution in [2.24, 2.45) is 0 Å². The Morgan fingerprint density at radius 2 is 2.05 bits per heavy atom. The third kappa shape index (κ3) is 2.93. The zero-order chi connectivity index (χ0) is 15.0. The Morgan fingerprint density at radius 3 is 2.81 bits per heavy atom. The summed E-state index contributed by atoms with van der Waals surface area (Å²) >= 11 is 1.48. The van der Waals surface area contributed by atoms with Crippen LogP contribution in [0.1, 0.15) is 11.1 Å². The quantitative estimate of drug-likeness (QED) is 0.911. The Labute approximate surface area is 125 Å². The van der Waals surface area contributed by atoms with Crippen molar-refractivity contribution in [1.29, 1.82) is 0 Å². The topological polar surface area (TPSA) is 29.1 Å². The first-order chi connectivity index (χ1) is 10.0. The highest BCUT2D eigenvalue weighted by atomic mass is 32.2.